The highest BCUT2D eigenvalue weighted by Gasteiger charge is 2.28. The van der Waals surface area contributed by atoms with Crippen LogP contribution in [0.4, 0.5) is 0 Å². The first-order valence-corrected chi connectivity index (χ1v) is 8.52. The number of fused-ring (bicyclic) bond motifs is 1. The van der Waals surface area contributed by atoms with Crippen molar-refractivity contribution in [2.45, 2.75) is 19.8 Å². The zero-order valence-corrected chi connectivity index (χ0v) is 14.5. The lowest BCUT2D eigenvalue weighted by molar-refractivity contribution is -0.134. The van der Waals surface area contributed by atoms with Gasteiger partial charge in [0, 0.05) is 18.4 Å². The summed E-state index contributed by atoms with van der Waals surface area (Å²) in [5.74, 6) is 0.860. The molecule has 0 amide bonds. The molecule has 0 N–H and O–H groups in total. The van der Waals surface area contributed by atoms with Crippen LogP contribution >= 0.6 is 11.6 Å². The summed E-state index contributed by atoms with van der Waals surface area (Å²) in [6.45, 7) is 2.00. The van der Waals surface area contributed by atoms with E-state index in [-0.39, 0.29) is 23.9 Å². The van der Waals surface area contributed by atoms with Crippen molar-refractivity contribution in [3.63, 3.8) is 0 Å². The number of rotatable bonds is 5. The molecule has 0 saturated heterocycles. The van der Waals surface area contributed by atoms with Crippen LogP contribution < -0.4 is 9.47 Å². The van der Waals surface area contributed by atoms with Crippen LogP contribution in [0.5, 0.6) is 11.5 Å². The summed E-state index contributed by atoms with van der Waals surface area (Å²) in [6.07, 6.45) is 2.51. The van der Waals surface area contributed by atoms with Gasteiger partial charge < -0.3 is 9.47 Å². The fourth-order valence-corrected chi connectivity index (χ4v) is 2.57. The molecule has 1 aliphatic heterocycles. The van der Waals surface area contributed by atoms with Crippen molar-refractivity contribution in [2.24, 2.45) is 0 Å². The summed E-state index contributed by atoms with van der Waals surface area (Å²) >= 11 is 5.56. The van der Waals surface area contributed by atoms with Crippen LogP contribution in [-0.2, 0) is 4.79 Å². The van der Waals surface area contributed by atoms with E-state index in [4.69, 9.17) is 21.1 Å². The van der Waals surface area contributed by atoms with Gasteiger partial charge in [-0.05, 0) is 37.1 Å². The van der Waals surface area contributed by atoms with Crippen molar-refractivity contribution >= 4 is 29.4 Å². The van der Waals surface area contributed by atoms with Gasteiger partial charge in [-0.3, -0.25) is 9.59 Å². The van der Waals surface area contributed by atoms with Crippen LogP contribution in [-0.4, -0.2) is 17.6 Å². The average molecular weight is 357 g/mol. The van der Waals surface area contributed by atoms with E-state index in [0.29, 0.717) is 29.4 Å². The zero-order valence-electron chi connectivity index (χ0n) is 13.8. The van der Waals surface area contributed by atoms with E-state index in [2.05, 4.69) is 0 Å². The van der Waals surface area contributed by atoms with Gasteiger partial charge >= 0.3 is 5.97 Å². The van der Waals surface area contributed by atoms with Crippen LogP contribution in [0.15, 0.2) is 48.2 Å². The molecule has 0 fully saturated rings. The summed E-state index contributed by atoms with van der Waals surface area (Å²) in [5.41, 5.74) is 2.48. The molecule has 0 aliphatic carbocycles. The van der Waals surface area contributed by atoms with Gasteiger partial charge in [-0.25, -0.2) is 0 Å². The molecule has 0 aromatic heterocycles. The number of benzene rings is 2. The lowest BCUT2D eigenvalue weighted by atomic mass is 10.1. The molecule has 0 atom stereocenters. The molecule has 128 valence electrons. The van der Waals surface area contributed by atoms with Crippen molar-refractivity contribution < 1.29 is 19.1 Å². The molecular weight excluding hydrogens is 340 g/mol. The number of allylic oxidation sites excluding steroid dienone is 1. The molecule has 0 unspecified atom stereocenters. The van der Waals surface area contributed by atoms with Gasteiger partial charge in [-0.2, -0.15) is 0 Å². The lowest BCUT2D eigenvalue weighted by Gasteiger charge is -2.05. The number of halogens is 1. The first-order valence-electron chi connectivity index (χ1n) is 7.98. The Hall–Kier alpha value is -2.59. The van der Waals surface area contributed by atoms with E-state index in [1.54, 1.807) is 24.3 Å². The van der Waals surface area contributed by atoms with Crippen LogP contribution in [0.2, 0.25) is 0 Å². The van der Waals surface area contributed by atoms with Crippen molar-refractivity contribution in [3.05, 3.63) is 64.9 Å². The summed E-state index contributed by atoms with van der Waals surface area (Å²) in [5, 5.41) is 0. The van der Waals surface area contributed by atoms with Gasteiger partial charge in [-0.15, -0.1) is 11.6 Å². The number of hydrogen-bond acceptors (Lipinski definition) is 4. The maximum absolute atomic E-state index is 12.4. The minimum atomic E-state index is -0.361. The van der Waals surface area contributed by atoms with Gasteiger partial charge in [0.05, 0.1) is 5.56 Å². The number of esters is 1. The van der Waals surface area contributed by atoms with E-state index in [1.165, 1.54) is 0 Å². The number of ether oxygens (including phenoxy) is 2. The first kappa shape index (κ1) is 17.2. The summed E-state index contributed by atoms with van der Waals surface area (Å²) in [4.78, 5) is 24.1. The third-order valence-corrected chi connectivity index (χ3v) is 4.03. The molecule has 0 saturated carbocycles. The molecule has 2 aromatic rings. The fraction of sp³-hybridized carbons (Fsp3) is 0.200. The fourth-order valence-electron chi connectivity index (χ4n) is 2.44. The Morgan fingerprint density at radius 3 is 2.68 bits per heavy atom. The quantitative estimate of drug-likeness (QED) is 0.341. The Kier molecular flexibility index (Phi) is 5.19. The van der Waals surface area contributed by atoms with Crippen LogP contribution in [0.1, 0.15) is 34.3 Å². The van der Waals surface area contributed by atoms with E-state index < -0.39 is 0 Å². The van der Waals surface area contributed by atoms with Gasteiger partial charge in [0.1, 0.15) is 11.5 Å². The molecule has 0 radical (unpaired) electrons. The first-order chi connectivity index (χ1) is 12.1. The molecule has 0 bridgehead atoms. The van der Waals surface area contributed by atoms with Crippen molar-refractivity contribution in [2.75, 3.05) is 5.88 Å². The topological polar surface area (TPSA) is 52.6 Å². The Morgan fingerprint density at radius 2 is 1.96 bits per heavy atom. The number of carbonyl (C=O) groups excluding carboxylic acids is 2. The van der Waals surface area contributed by atoms with Gasteiger partial charge in [0.25, 0.3) is 0 Å². The molecule has 3 rings (SSSR count). The van der Waals surface area contributed by atoms with Crippen molar-refractivity contribution in [1.29, 1.82) is 0 Å². The number of carbonyl (C=O) groups is 2. The molecule has 1 heterocycles. The van der Waals surface area contributed by atoms with E-state index in [9.17, 15) is 9.59 Å². The molecule has 1 aliphatic rings. The molecule has 0 spiro atoms. The molecule has 25 heavy (non-hydrogen) atoms. The maximum atomic E-state index is 12.4. The SMILES string of the molecule is Cc1ccc(C=C2Oc3cc(OC(=O)CCCCl)ccc3C2=O)cc1. The van der Waals surface area contributed by atoms with E-state index in [0.717, 1.165) is 11.1 Å². The minimum absolute atomic E-state index is 0.185. The Balaban J connectivity index is 1.77. The van der Waals surface area contributed by atoms with Crippen LogP contribution in [0, 0.1) is 6.92 Å². The predicted molar refractivity (Wildman–Crippen MR) is 96.1 cm³/mol. The third-order valence-electron chi connectivity index (χ3n) is 3.76. The van der Waals surface area contributed by atoms with E-state index >= 15 is 0 Å². The van der Waals surface area contributed by atoms with Crippen LogP contribution in [0.25, 0.3) is 6.08 Å². The van der Waals surface area contributed by atoms with Crippen molar-refractivity contribution in [3.8, 4) is 11.5 Å². The maximum Gasteiger partial charge on any atom is 0.311 e. The smallest absolute Gasteiger partial charge is 0.311 e. The highest BCUT2D eigenvalue weighted by atomic mass is 35.5. The third kappa shape index (κ3) is 4.09. The zero-order chi connectivity index (χ0) is 17.8. The van der Waals surface area contributed by atoms with Crippen LogP contribution in [0.3, 0.4) is 0 Å². The largest absolute Gasteiger partial charge is 0.452 e. The van der Waals surface area contributed by atoms with Gasteiger partial charge in [0.15, 0.2) is 5.76 Å². The van der Waals surface area contributed by atoms with Gasteiger partial charge in [0.2, 0.25) is 5.78 Å². The molecule has 4 nitrogen and oxygen atoms in total. The number of hydrogen-bond donors (Lipinski definition) is 0. The number of aryl methyl sites for hydroxylation is 1. The standard InChI is InChI=1S/C20H17ClO4/c1-13-4-6-14(7-5-13)11-18-20(23)16-9-8-15(12-17(16)25-18)24-19(22)3-2-10-21/h4-9,11-12H,2-3,10H2,1H3. The Bertz CT molecular complexity index is 837. The van der Waals surface area contributed by atoms with Gasteiger partial charge in [-0.1, -0.05) is 29.8 Å². The second-order valence-electron chi connectivity index (χ2n) is 5.78. The van der Waals surface area contributed by atoms with Crippen molar-refractivity contribution in [1.82, 2.24) is 0 Å². The summed E-state index contributed by atoms with van der Waals surface area (Å²) < 4.78 is 10.9. The number of ketones is 1. The summed E-state index contributed by atoms with van der Waals surface area (Å²) in [7, 11) is 0. The highest BCUT2D eigenvalue weighted by molar-refractivity contribution is 6.18. The molecule has 2 aromatic carbocycles. The second-order valence-corrected chi connectivity index (χ2v) is 6.15. The Labute approximate surface area is 151 Å². The second kappa shape index (κ2) is 7.53. The predicted octanol–water partition coefficient (Wildman–Crippen LogP) is 4.54. The monoisotopic (exact) mass is 356 g/mol. The highest BCUT2D eigenvalue weighted by Crippen LogP contribution is 2.35. The van der Waals surface area contributed by atoms with E-state index in [1.807, 2.05) is 31.2 Å². The Morgan fingerprint density at radius 1 is 1.20 bits per heavy atom. The normalized spacial score (nSPS) is 14.3. The molecular formula is C20H17ClO4. The molecule has 5 heteroatoms. The lowest BCUT2D eigenvalue weighted by Crippen LogP contribution is -2.07. The summed E-state index contributed by atoms with van der Waals surface area (Å²) in [6, 6.07) is 12.5. The minimum Gasteiger partial charge on any atom is -0.452 e. The average Bonchev–Trinajstić information content (AvgIpc) is 2.90. The number of Topliss-reactive ketones (excluding diaryl/α,β-unsaturated/α-hetero) is 1. The number of alkyl halides is 1.